The van der Waals surface area contributed by atoms with Gasteiger partial charge in [-0.25, -0.2) is 0 Å². The molecule has 2 fully saturated rings. The van der Waals surface area contributed by atoms with Crippen molar-refractivity contribution < 1.29 is 4.79 Å². The number of primary amides is 1. The fourth-order valence-corrected chi connectivity index (χ4v) is 6.31. The number of hydrogen-bond donors (Lipinski definition) is 1. The second-order valence-electron chi connectivity index (χ2n) is 10.5. The SMILES string of the molecule is CCCCCC1(CCCCC2CCC(c3ccc(C(N)=O)cc3)CC2)CCCCC1. The summed E-state index contributed by atoms with van der Waals surface area (Å²) in [5, 5.41) is 0. The summed E-state index contributed by atoms with van der Waals surface area (Å²) >= 11 is 0. The Morgan fingerprint density at radius 1 is 0.900 bits per heavy atom. The van der Waals surface area contributed by atoms with Gasteiger partial charge in [0, 0.05) is 5.56 Å². The van der Waals surface area contributed by atoms with Gasteiger partial charge in [-0.15, -0.1) is 0 Å². The van der Waals surface area contributed by atoms with Gasteiger partial charge in [-0.05, 0) is 86.3 Å². The minimum Gasteiger partial charge on any atom is -0.366 e. The van der Waals surface area contributed by atoms with Gasteiger partial charge in [0.25, 0.3) is 0 Å². The molecule has 0 heterocycles. The third-order valence-corrected chi connectivity index (χ3v) is 8.31. The van der Waals surface area contributed by atoms with Crippen LogP contribution in [0.1, 0.15) is 138 Å². The van der Waals surface area contributed by atoms with E-state index in [4.69, 9.17) is 5.73 Å². The zero-order valence-electron chi connectivity index (χ0n) is 19.5. The molecule has 0 radical (unpaired) electrons. The van der Waals surface area contributed by atoms with E-state index in [-0.39, 0.29) is 5.91 Å². The van der Waals surface area contributed by atoms with Gasteiger partial charge in [0.05, 0.1) is 0 Å². The summed E-state index contributed by atoms with van der Waals surface area (Å²) in [6, 6.07) is 8.03. The molecule has 0 spiro atoms. The van der Waals surface area contributed by atoms with Crippen LogP contribution in [0, 0.1) is 11.3 Å². The van der Waals surface area contributed by atoms with Crippen molar-refractivity contribution in [2.45, 2.75) is 122 Å². The summed E-state index contributed by atoms with van der Waals surface area (Å²) in [7, 11) is 0. The predicted octanol–water partition coefficient (Wildman–Crippen LogP) is 8.15. The van der Waals surface area contributed by atoms with Crippen molar-refractivity contribution in [1.29, 1.82) is 0 Å². The van der Waals surface area contributed by atoms with Crippen molar-refractivity contribution >= 4 is 5.91 Å². The van der Waals surface area contributed by atoms with Crippen LogP contribution in [0.15, 0.2) is 24.3 Å². The summed E-state index contributed by atoms with van der Waals surface area (Å²) in [6.45, 7) is 2.33. The van der Waals surface area contributed by atoms with E-state index in [1.54, 1.807) is 0 Å². The van der Waals surface area contributed by atoms with E-state index in [0.717, 1.165) is 5.92 Å². The summed E-state index contributed by atoms with van der Waals surface area (Å²) in [5.74, 6) is 1.28. The van der Waals surface area contributed by atoms with E-state index in [1.807, 2.05) is 12.1 Å². The van der Waals surface area contributed by atoms with E-state index < -0.39 is 0 Å². The number of nitrogens with two attached hydrogens (primary N) is 1. The van der Waals surface area contributed by atoms with Gasteiger partial charge in [-0.2, -0.15) is 0 Å². The Labute approximate surface area is 185 Å². The molecule has 0 unspecified atom stereocenters. The van der Waals surface area contributed by atoms with Crippen LogP contribution in [0.3, 0.4) is 0 Å². The molecule has 0 aliphatic heterocycles. The Balaban J connectivity index is 1.36. The number of carbonyl (C=O) groups excluding carboxylic acids is 1. The lowest BCUT2D eigenvalue weighted by molar-refractivity contribution is 0.1000. The summed E-state index contributed by atoms with van der Waals surface area (Å²) in [6.07, 6.45) is 24.4. The Bertz CT molecular complexity index is 621. The molecule has 1 amide bonds. The van der Waals surface area contributed by atoms with Gasteiger partial charge in [-0.1, -0.05) is 76.8 Å². The van der Waals surface area contributed by atoms with E-state index >= 15 is 0 Å². The van der Waals surface area contributed by atoms with Gasteiger partial charge >= 0.3 is 0 Å². The molecule has 2 N–H and O–H groups in total. The number of hydrogen-bond acceptors (Lipinski definition) is 1. The molecule has 168 valence electrons. The summed E-state index contributed by atoms with van der Waals surface area (Å²) < 4.78 is 0. The maximum Gasteiger partial charge on any atom is 0.248 e. The molecule has 0 atom stereocenters. The Morgan fingerprint density at radius 3 is 2.13 bits per heavy atom. The van der Waals surface area contributed by atoms with Crippen LogP contribution in [0.25, 0.3) is 0 Å². The lowest BCUT2D eigenvalue weighted by Gasteiger charge is -2.38. The van der Waals surface area contributed by atoms with Gasteiger partial charge in [-0.3, -0.25) is 4.79 Å². The zero-order chi connectivity index (χ0) is 21.2. The second-order valence-corrected chi connectivity index (χ2v) is 10.5. The first-order valence-electron chi connectivity index (χ1n) is 13.0. The fraction of sp³-hybridized carbons (Fsp3) is 0.750. The van der Waals surface area contributed by atoms with Crippen LogP contribution in [-0.4, -0.2) is 5.91 Å². The lowest BCUT2D eigenvalue weighted by Crippen LogP contribution is -2.24. The summed E-state index contributed by atoms with van der Waals surface area (Å²) in [5.41, 5.74) is 8.09. The van der Waals surface area contributed by atoms with E-state index in [9.17, 15) is 4.79 Å². The highest BCUT2D eigenvalue weighted by molar-refractivity contribution is 5.92. The van der Waals surface area contributed by atoms with E-state index in [1.165, 1.54) is 115 Å². The Morgan fingerprint density at radius 2 is 1.53 bits per heavy atom. The first-order chi connectivity index (χ1) is 14.6. The maximum atomic E-state index is 11.3. The van der Waals surface area contributed by atoms with Crippen LogP contribution in [0.2, 0.25) is 0 Å². The number of benzene rings is 1. The highest BCUT2D eigenvalue weighted by Gasteiger charge is 2.31. The smallest absolute Gasteiger partial charge is 0.248 e. The quantitative estimate of drug-likeness (QED) is 0.367. The largest absolute Gasteiger partial charge is 0.366 e. The Hall–Kier alpha value is -1.31. The monoisotopic (exact) mass is 411 g/mol. The zero-order valence-corrected chi connectivity index (χ0v) is 19.5. The van der Waals surface area contributed by atoms with Crippen molar-refractivity contribution in [1.82, 2.24) is 0 Å². The molecule has 2 nitrogen and oxygen atoms in total. The molecule has 2 saturated carbocycles. The Kier molecular flexibility index (Phi) is 9.27. The number of unbranched alkanes of at least 4 members (excludes halogenated alkanes) is 3. The van der Waals surface area contributed by atoms with Crippen LogP contribution in [0.5, 0.6) is 0 Å². The normalized spacial score (nSPS) is 23.9. The molecule has 2 heteroatoms. The minimum absolute atomic E-state index is 0.328. The molecule has 1 aromatic rings. The van der Waals surface area contributed by atoms with Crippen LogP contribution < -0.4 is 5.73 Å². The van der Waals surface area contributed by atoms with Crippen molar-refractivity contribution in [3.8, 4) is 0 Å². The molecule has 3 rings (SSSR count). The second kappa shape index (κ2) is 11.9. The van der Waals surface area contributed by atoms with Crippen molar-refractivity contribution in [2.75, 3.05) is 0 Å². The molecule has 1 aromatic carbocycles. The van der Waals surface area contributed by atoms with E-state index in [2.05, 4.69) is 19.1 Å². The lowest BCUT2D eigenvalue weighted by atomic mass is 9.68. The average Bonchev–Trinajstić information content (AvgIpc) is 2.78. The van der Waals surface area contributed by atoms with Gasteiger partial charge in [0.1, 0.15) is 0 Å². The molecule has 0 aromatic heterocycles. The van der Waals surface area contributed by atoms with Gasteiger partial charge in [0.2, 0.25) is 5.91 Å². The van der Waals surface area contributed by atoms with E-state index in [0.29, 0.717) is 16.9 Å². The fourth-order valence-electron chi connectivity index (χ4n) is 6.31. The summed E-state index contributed by atoms with van der Waals surface area (Å²) in [4.78, 5) is 11.3. The number of carbonyl (C=O) groups is 1. The topological polar surface area (TPSA) is 43.1 Å². The third-order valence-electron chi connectivity index (χ3n) is 8.31. The first-order valence-corrected chi connectivity index (χ1v) is 13.0. The standard InChI is InChI=1S/C28H45NO/c1-2-3-6-19-28(20-7-4-8-21-28)22-9-5-10-23-11-13-24(14-12-23)25-15-17-26(18-16-25)27(29)30/h15-18,23-24H,2-14,19-22H2,1H3,(H2,29,30). The molecule has 0 bridgehead atoms. The number of amides is 1. The van der Waals surface area contributed by atoms with Crippen molar-refractivity contribution in [3.05, 3.63) is 35.4 Å². The van der Waals surface area contributed by atoms with Crippen LogP contribution >= 0.6 is 0 Å². The van der Waals surface area contributed by atoms with Crippen molar-refractivity contribution in [2.24, 2.45) is 17.1 Å². The molecule has 2 aliphatic rings. The highest BCUT2D eigenvalue weighted by Crippen LogP contribution is 2.45. The predicted molar refractivity (Wildman–Crippen MR) is 128 cm³/mol. The minimum atomic E-state index is -0.328. The van der Waals surface area contributed by atoms with Gasteiger partial charge in [0.15, 0.2) is 0 Å². The average molecular weight is 412 g/mol. The number of rotatable bonds is 11. The maximum absolute atomic E-state index is 11.3. The molecule has 0 saturated heterocycles. The highest BCUT2D eigenvalue weighted by atomic mass is 16.1. The first kappa shape index (κ1) is 23.4. The van der Waals surface area contributed by atoms with Crippen molar-refractivity contribution in [3.63, 3.8) is 0 Å². The molecule has 2 aliphatic carbocycles. The third kappa shape index (κ3) is 6.86. The molecule has 30 heavy (non-hydrogen) atoms. The van der Waals surface area contributed by atoms with Gasteiger partial charge < -0.3 is 5.73 Å². The molecular weight excluding hydrogens is 366 g/mol. The molecular formula is C28H45NO. The van der Waals surface area contributed by atoms with Crippen LogP contribution in [-0.2, 0) is 0 Å². The van der Waals surface area contributed by atoms with Crippen LogP contribution in [0.4, 0.5) is 0 Å².